The molecular weight excluding hydrogens is 288 g/mol. The first-order chi connectivity index (χ1) is 10.1. The number of carbonyl (C=O) groups excluding carboxylic acids is 2. The Bertz CT molecular complexity index is 876. The second-order valence-electron chi connectivity index (χ2n) is 4.61. The average Bonchev–Trinajstić information content (AvgIpc) is 2.91. The normalized spacial score (nSPS) is 11.1. The maximum Gasteiger partial charge on any atom is 0.341 e. The Hall–Kier alpha value is -2.34. The number of nitrogens with two attached hydrogens (primary N) is 1. The van der Waals surface area contributed by atoms with E-state index in [1.54, 1.807) is 11.5 Å². The number of fused-ring (bicyclic) bond motifs is 3. The van der Waals surface area contributed by atoms with Gasteiger partial charge in [0.1, 0.15) is 15.4 Å². The van der Waals surface area contributed by atoms with E-state index in [1.165, 1.54) is 18.3 Å². The number of hydrogen-bond acceptors (Lipinski definition) is 5. The lowest BCUT2D eigenvalue weighted by Crippen LogP contribution is -2.05. The van der Waals surface area contributed by atoms with Crippen LogP contribution in [0.3, 0.4) is 0 Å². The quantitative estimate of drug-likeness (QED) is 0.737. The van der Waals surface area contributed by atoms with Gasteiger partial charge < -0.3 is 10.5 Å². The number of benzene rings is 1. The molecule has 0 saturated carbocycles. The van der Waals surface area contributed by atoms with Crippen LogP contribution in [-0.2, 0) is 4.74 Å². The Labute approximate surface area is 124 Å². The minimum absolute atomic E-state index is 0.113. The Morgan fingerprint density at radius 1 is 1.33 bits per heavy atom. The molecule has 0 bridgehead atoms. The van der Waals surface area contributed by atoms with Crippen LogP contribution < -0.4 is 5.73 Å². The van der Waals surface area contributed by atoms with E-state index in [4.69, 9.17) is 10.5 Å². The summed E-state index contributed by atoms with van der Waals surface area (Å²) < 4.78 is 6.68. The highest BCUT2D eigenvalue weighted by atomic mass is 32.1. The van der Waals surface area contributed by atoms with Crippen LogP contribution >= 0.6 is 11.3 Å². The van der Waals surface area contributed by atoms with Crippen LogP contribution in [0.4, 0.5) is 5.00 Å². The predicted molar refractivity (Wildman–Crippen MR) is 84.0 cm³/mol. The predicted octanol–water partition coefficient (Wildman–Crippen LogP) is 3.28. The maximum atomic E-state index is 12.2. The molecule has 0 radical (unpaired) electrons. The smallest absolute Gasteiger partial charge is 0.341 e. The molecule has 0 unspecified atom stereocenters. The van der Waals surface area contributed by atoms with Crippen molar-refractivity contribution in [1.29, 1.82) is 0 Å². The Morgan fingerprint density at radius 3 is 2.71 bits per heavy atom. The molecule has 3 aromatic rings. The molecule has 108 valence electrons. The molecule has 6 heteroatoms. The molecule has 5 nitrogen and oxygen atoms in total. The summed E-state index contributed by atoms with van der Waals surface area (Å²) in [7, 11) is 0. The van der Waals surface area contributed by atoms with Crippen molar-refractivity contribution in [2.75, 3.05) is 12.3 Å². The zero-order valence-electron chi connectivity index (χ0n) is 11.7. The molecule has 0 spiro atoms. The van der Waals surface area contributed by atoms with E-state index in [-0.39, 0.29) is 12.5 Å². The number of aromatic nitrogens is 1. The summed E-state index contributed by atoms with van der Waals surface area (Å²) in [5.41, 5.74) is 7.11. The standard InChI is InChI=1S/C15H14N2O3S/c1-3-20-15(19)12-11-9-6-4-5-7-10(9)17(8(2)18)14(11)21-13(12)16/h4-7H,3,16H2,1-2H3. The van der Waals surface area contributed by atoms with Gasteiger partial charge in [0.15, 0.2) is 0 Å². The van der Waals surface area contributed by atoms with Crippen LogP contribution in [-0.4, -0.2) is 23.1 Å². The molecule has 0 amide bonds. The summed E-state index contributed by atoms with van der Waals surface area (Å²) in [6.07, 6.45) is 0. The van der Waals surface area contributed by atoms with Gasteiger partial charge in [-0.25, -0.2) is 4.79 Å². The van der Waals surface area contributed by atoms with Crippen LogP contribution in [0.5, 0.6) is 0 Å². The first-order valence-electron chi connectivity index (χ1n) is 6.55. The topological polar surface area (TPSA) is 74.3 Å². The van der Waals surface area contributed by atoms with E-state index in [9.17, 15) is 9.59 Å². The van der Waals surface area contributed by atoms with Gasteiger partial charge in [0, 0.05) is 17.7 Å². The van der Waals surface area contributed by atoms with E-state index in [0.717, 1.165) is 10.9 Å². The molecule has 21 heavy (non-hydrogen) atoms. The lowest BCUT2D eigenvalue weighted by Gasteiger charge is -2.01. The average molecular weight is 302 g/mol. The van der Waals surface area contributed by atoms with E-state index >= 15 is 0 Å². The number of nitrogens with zero attached hydrogens (tertiary/aromatic N) is 1. The van der Waals surface area contributed by atoms with E-state index in [0.29, 0.717) is 20.8 Å². The van der Waals surface area contributed by atoms with Gasteiger partial charge in [-0.1, -0.05) is 29.5 Å². The van der Waals surface area contributed by atoms with Crippen molar-refractivity contribution in [2.24, 2.45) is 0 Å². The number of thiophene rings is 1. The second kappa shape index (κ2) is 4.89. The number of esters is 1. The molecule has 2 aromatic heterocycles. The van der Waals surface area contributed by atoms with Gasteiger partial charge >= 0.3 is 5.97 Å². The molecule has 0 saturated heterocycles. The summed E-state index contributed by atoms with van der Waals surface area (Å²) in [5, 5.41) is 1.90. The highest BCUT2D eigenvalue weighted by Gasteiger charge is 2.25. The van der Waals surface area contributed by atoms with Gasteiger partial charge in [0.2, 0.25) is 5.91 Å². The molecular formula is C15H14N2O3S. The van der Waals surface area contributed by atoms with E-state index < -0.39 is 5.97 Å². The minimum Gasteiger partial charge on any atom is -0.462 e. The van der Waals surface area contributed by atoms with Gasteiger partial charge in [-0.15, -0.1) is 0 Å². The number of rotatable bonds is 2. The Kier molecular flexibility index (Phi) is 3.17. The van der Waals surface area contributed by atoms with Gasteiger partial charge in [0.05, 0.1) is 12.1 Å². The van der Waals surface area contributed by atoms with Crippen LogP contribution in [0, 0.1) is 0 Å². The van der Waals surface area contributed by atoms with Crippen LogP contribution in [0.15, 0.2) is 24.3 Å². The molecule has 1 aromatic carbocycles. The largest absolute Gasteiger partial charge is 0.462 e. The second-order valence-corrected chi connectivity index (χ2v) is 5.64. The SMILES string of the molecule is CCOC(=O)c1c(N)sc2c1c1ccccc1n2C(C)=O. The third-order valence-electron chi connectivity index (χ3n) is 3.33. The molecule has 0 fully saturated rings. The Morgan fingerprint density at radius 2 is 2.05 bits per heavy atom. The first kappa shape index (κ1) is 13.6. The van der Waals surface area contributed by atoms with Crippen molar-refractivity contribution >= 4 is 49.3 Å². The van der Waals surface area contributed by atoms with Crippen molar-refractivity contribution in [3.05, 3.63) is 29.8 Å². The van der Waals surface area contributed by atoms with Crippen molar-refractivity contribution in [2.45, 2.75) is 13.8 Å². The van der Waals surface area contributed by atoms with E-state index in [1.807, 2.05) is 24.3 Å². The van der Waals surface area contributed by atoms with E-state index in [2.05, 4.69) is 0 Å². The number of hydrogen-bond donors (Lipinski definition) is 1. The lowest BCUT2D eigenvalue weighted by molar-refractivity contribution is 0.0530. The lowest BCUT2D eigenvalue weighted by atomic mass is 10.1. The zero-order valence-corrected chi connectivity index (χ0v) is 12.5. The van der Waals surface area contributed by atoms with Gasteiger partial charge in [-0.3, -0.25) is 9.36 Å². The Balaban J connectivity index is 2.46. The summed E-state index contributed by atoms with van der Waals surface area (Å²) >= 11 is 1.23. The fourth-order valence-corrected chi connectivity index (χ4v) is 3.68. The molecule has 0 atom stereocenters. The fourth-order valence-electron chi connectivity index (χ4n) is 2.55. The molecule has 0 aliphatic heterocycles. The van der Waals surface area contributed by atoms with Gasteiger partial charge in [-0.2, -0.15) is 0 Å². The highest BCUT2D eigenvalue weighted by molar-refractivity contribution is 7.23. The number of nitrogen functional groups attached to an aromatic ring is 1. The monoisotopic (exact) mass is 302 g/mol. The van der Waals surface area contributed by atoms with Crippen molar-refractivity contribution in [1.82, 2.24) is 4.57 Å². The molecule has 3 rings (SSSR count). The third-order valence-corrected chi connectivity index (χ3v) is 4.33. The third kappa shape index (κ3) is 1.91. The highest BCUT2D eigenvalue weighted by Crippen LogP contribution is 2.40. The maximum absolute atomic E-state index is 12.2. The van der Waals surface area contributed by atoms with Crippen LogP contribution in [0.25, 0.3) is 21.1 Å². The summed E-state index contributed by atoms with van der Waals surface area (Å²) in [5.74, 6) is -0.564. The van der Waals surface area contributed by atoms with Gasteiger partial charge in [-0.05, 0) is 13.0 Å². The zero-order chi connectivity index (χ0) is 15.1. The van der Waals surface area contributed by atoms with Crippen LogP contribution in [0.2, 0.25) is 0 Å². The molecule has 2 heterocycles. The summed E-state index contributed by atoms with van der Waals surface area (Å²) in [4.78, 5) is 24.8. The van der Waals surface area contributed by atoms with Crippen molar-refractivity contribution < 1.29 is 14.3 Å². The van der Waals surface area contributed by atoms with Crippen LogP contribution in [0.1, 0.15) is 29.0 Å². The van der Waals surface area contributed by atoms with Crippen molar-refractivity contribution in [3.63, 3.8) is 0 Å². The minimum atomic E-state index is -0.451. The molecule has 0 aliphatic carbocycles. The van der Waals surface area contributed by atoms with Crippen molar-refractivity contribution in [3.8, 4) is 0 Å². The number of anilines is 1. The number of para-hydroxylation sites is 1. The summed E-state index contributed by atoms with van der Waals surface area (Å²) in [6, 6.07) is 7.47. The fraction of sp³-hybridized carbons (Fsp3) is 0.200. The van der Waals surface area contributed by atoms with Gasteiger partial charge in [0.25, 0.3) is 0 Å². The molecule has 2 N–H and O–H groups in total. The number of carbonyl (C=O) groups is 2. The first-order valence-corrected chi connectivity index (χ1v) is 7.37. The summed E-state index contributed by atoms with van der Waals surface area (Å²) in [6.45, 7) is 3.52. The number of ether oxygens (including phenoxy) is 1. The molecule has 0 aliphatic rings.